The third-order valence-corrected chi connectivity index (χ3v) is 3.79. The fourth-order valence-corrected chi connectivity index (χ4v) is 2.47. The highest BCUT2D eigenvalue weighted by molar-refractivity contribution is 5.87. The molecule has 2 aromatic carbocycles. The summed E-state index contributed by atoms with van der Waals surface area (Å²) in [6, 6.07) is 8.77. The van der Waals surface area contributed by atoms with Gasteiger partial charge in [-0.3, -0.25) is 0 Å². The molecule has 28 heavy (non-hydrogen) atoms. The molecule has 0 aliphatic carbocycles. The second kappa shape index (κ2) is 7.67. The molecule has 0 spiro atoms. The van der Waals surface area contributed by atoms with Crippen LogP contribution >= 0.6 is 0 Å². The number of aromatic nitrogens is 3. The molecule has 0 saturated heterocycles. The third-order valence-electron chi connectivity index (χ3n) is 3.79. The number of rotatable bonds is 6. The molecule has 0 unspecified atom stereocenters. The number of nitrogens with zero attached hydrogens (tertiary/aromatic N) is 3. The maximum atomic E-state index is 13.9. The predicted octanol–water partition coefficient (Wildman–Crippen LogP) is 3.79. The van der Waals surface area contributed by atoms with Gasteiger partial charge in [0.25, 0.3) is 0 Å². The maximum Gasteiger partial charge on any atom is 0.573 e. The van der Waals surface area contributed by atoms with Crippen LogP contribution in [0.15, 0.2) is 48.8 Å². The highest BCUT2D eigenvalue weighted by Crippen LogP contribution is 2.23. The van der Waals surface area contributed by atoms with E-state index < -0.39 is 18.1 Å². The molecule has 0 aliphatic rings. The van der Waals surface area contributed by atoms with Gasteiger partial charge in [0.2, 0.25) is 0 Å². The molecule has 0 saturated carbocycles. The minimum Gasteiger partial charge on any atom is -0.478 e. The minimum absolute atomic E-state index is 0.137. The first-order chi connectivity index (χ1) is 13.2. The van der Waals surface area contributed by atoms with E-state index in [0.29, 0.717) is 23.5 Å². The summed E-state index contributed by atoms with van der Waals surface area (Å²) in [5, 5.41) is 13.0. The van der Waals surface area contributed by atoms with E-state index in [2.05, 4.69) is 14.8 Å². The summed E-state index contributed by atoms with van der Waals surface area (Å²) in [6.45, 7) is 0. The van der Waals surface area contributed by atoms with Crippen LogP contribution in [0, 0.1) is 5.82 Å². The molecule has 3 aromatic rings. The molecule has 0 fully saturated rings. The van der Waals surface area contributed by atoms with Crippen molar-refractivity contribution in [3.8, 4) is 11.4 Å². The number of carbonyl (C=O) groups is 1. The lowest BCUT2D eigenvalue weighted by Crippen LogP contribution is -2.17. The van der Waals surface area contributed by atoms with Crippen LogP contribution in [-0.2, 0) is 12.8 Å². The van der Waals surface area contributed by atoms with E-state index >= 15 is 0 Å². The van der Waals surface area contributed by atoms with Gasteiger partial charge in [-0.2, -0.15) is 5.10 Å². The van der Waals surface area contributed by atoms with Crippen molar-refractivity contribution in [2.45, 2.75) is 19.2 Å². The topological polar surface area (TPSA) is 77.2 Å². The van der Waals surface area contributed by atoms with E-state index in [-0.39, 0.29) is 17.7 Å². The lowest BCUT2D eigenvalue weighted by Gasteiger charge is -2.09. The smallest absolute Gasteiger partial charge is 0.478 e. The van der Waals surface area contributed by atoms with Gasteiger partial charge in [0.05, 0.1) is 11.3 Å². The average Bonchev–Trinajstić information content (AvgIpc) is 3.09. The van der Waals surface area contributed by atoms with E-state index in [1.807, 2.05) is 0 Å². The number of halogens is 4. The van der Waals surface area contributed by atoms with E-state index in [9.17, 15) is 22.4 Å². The molecule has 0 atom stereocenters. The number of hydrogen-bond donors (Lipinski definition) is 1. The molecule has 1 N–H and O–H groups in total. The predicted molar refractivity (Wildman–Crippen MR) is 88.8 cm³/mol. The summed E-state index contributed by atoms with van der Waals surface area (Å²) in [5.74, 6) is -1.79. The molecule has 0 aliphatic heterocycles. The van der Waals surface area contributed by atoms with Crippen LogP contribution in [0.5, 0.6) is 5.75 Å². The molecule has 1 heterocycles. The van der Waals surface area contributed by atoms with Gasteiger partial charge >= 0.3 is 12.3 Å². The summed E-state index contributed by atoms with van der Waals surface area (Å²) < 4.78 is 55.6. The summed E-state index contributed by atoms with van der Waals surface area (Å²) in [4.78, 5) is 14.9. The van der Waals surface area contributed by atoms with Crippen molar-refractivity contribution in [2.24, 2.45) is 0 Å². The Morgan fingerprint density at radius 3 is 2.43 bits per heavy atom. The van der Waals surface area contributed by atoms with E-state index in [4.69, 9.17) is 5.11 Å². The van der Waals surface area contributed by atoms with Crippen LogP contribution in [-0.4, -0.2) is 32.2 Å². The van der Waals surface area contributed by atoms with Crippen LogP contribution in [0.3, 0.4) is 0 Å². The first kappa shape index (κ1) is 19.3. The normalized spacial score (nSPS) is 11.4. The van der Waals surface area contributed by atoms with Crippen LogP contribution < -0.4 is 4.74 Å². The number of carboxylic acid groups (broad SMARTS) is 1. The quantitative estimate of drug-likeness (QED) is 0.643. The Morgan fingerprint density at radius 2 is 1.82 bits per heavy atom. The minimum atomic E-state index is -4.76. The number of aryl methyl sites for hydroxylation is 2. The number of aromatic carboxylic acids is 1. The van der Waals surface area contributed by atoms with Crippen LogP contribution in [0.2, 0.25) is 0 Å². The van der Waals surface area contributed by atoms with Crippen molar-refractivity contribution >= 4 is 5.97 Å². The second-order valence-corrected chi connectivity index (χ2v) is 5.76. The molecular formula is C18H13F4N3O3. The zero-order valence-electron chi connectivity index (χ0n) is 14.2. The average molecular weight is 395 g/mol. The highest BCUT2D eigenvalue weighted by atomic mass is 19.4. The van der Waals surface area contributed by atoms with Crippen molar-refractivity contribution < 1.29 is 32.2 Å². The lowest BCUT2D eigenvalue weighted by molar-refractivity contribution is -0.274. The van der Waals surface area contributed by atoms with Gasteiger partial charge in [-0.1, -0.05) is 6.07 Å². The van der Waals surface area contributed by atoms with Crippen molar-refractivity contribution in [1.82, 2.24) is 14.8 Å². The van der Waals surface area contributed by atoms with E-state index in [1.165, 1.54) is 35.3 Å². The Hall–Kier alpha value is -3.43. The SMILES string of the molecule is O=C(O)c1ccc(CCc2ncn(-c3ccc(OC(F)(F)F)cc3)n2)c(F)c1. The molecule has 0 radical (unpaired) electrons. The second-order valence-electron chi connectivity index (χ2n) is 5.76. The number of benzene rings is 2. The Kier molecular flexibility index (Phi) is 5.30. The highest BCUT2D eigenvalue weighted by Gasteiger charge is 2.31. The Bertz CT molecular complexity index is 984. The molecule has 3 rings (SSSR count). The van der Waals surface area contributed by atoms with Gasteiger partial charge in [-0.15, -0.1) is 13.2 Å². The van der Waals surface area contributed by atoms with Gasteiger partial charge in [0.1, 0.15) is 17.9 Å². The first-order valence-corrected chi connectivity index (χ1v) is 8.00. The van der Waals surface area contributed by atoms with Crippen LogP contribution in [0.4, 0.5) is 17.6 Å². The summed E-state index contributed by atoms with van der Waals surface area (Å²) in [5.41, 5.74) is 0.668. The fraction of sp³-hybridized carbons (Fsp3) is 0.167. The summed E-state index contributed by atoms with van der Waals surface area (Å²) in [6.07, 6.45) is -2.82. The van der Waals surface area contributed by atoms with Gasteiger partial charge < -0.3 is 9.84 Å². The van der Waals surface area contributed by atoms with Gasteiger partial charge in [0, 0.05) is 6.42 Å². The van der Waals surface area contributed by atoms with Gasteiger partial charge in [0.15, 0.2) is 5.82 Å². The molecule has 6 nitrogen and oxygen atoms in total. The molecule has 10 heteroatoms. The van der Waals surface area contributed by atoms with E-state index in [0.717, 1.165) is 18.2 Å². The monoisotopic (exact) mass is 395 g/mol. The molecular weight excluding hydrogens is 382 g/mol. The number of carboxylic acids is 1. The van der Waals surface area contributed by atoms with Gasteiger partial charge in [-0.25, -0.2) is 18.9 Å². The number of hydrogen-bond acceptors (Lipinski definition) is 4. The maximum absolute atomic E-state index is 13.9. The van der Waals surface area contributed by atoms with Crippen LogP contribution in [0.25, 0.3) is 5.69 Å². The van der Waals surface area contributed by atoms with Gasteiger partial charge in [-0.05, 0) is 48.4 Å². The lowest BCUT2D eigenvalue weighted by atomic mass is 10.1. The molecule has 0 bridgehead atoms. The van der Waals surface area contributed by atoms with Crippen molar-refractivity contribution in [3.63, 3.8) is 0 Å². The third kappa shape index (κ3) is 4.84. The fourth-order valence-electron chi connectivity index (χ4n) is 2.47. The number of ether oxygens (including phenoxy) is 1. The van der Waals surface area contributed by atoms with E-state index in [1.54, 1.807) is 0 Å². The summed E-state index contributed by atoms with van der Waals surface area (Å²) >= 11 is 0. The molecule has 1 aromatic heterocycles. The Labute approximate surface area is 156 Å². The Balaban J connectivity index is 1.65. The van der Waals surface area contributed by atoms with Crippen molar-refractivity contribution in [2.75, 3.05) is 0 Å². The van der Waals surface area contributed by atoms with Crippen molar-refractivity contribution in [3.05, 3.63) is 71.6 Å². The number of alkyl halides is 3. The largest absolute Gasteiger partial charge is 0.573 e. The molecule has 0 amide bonds. The van der Waals surface area contributed by atoms with Crippen LogP contribution in [0.1, 0.15) is 21.7 Å². The molecule has 146 valence electrons. The Morgan fingerprint density at radius 1 is 1.11 bits per heavy atom. The zero-order chi connectivity index (χ0) is 20.3. The zero-order valence-corrected chi connectivity index (χ0v) is 14.2. The summed E-state index contributed by atoms with van der Waals surface area (Å²) in [7, 11) is 0. The standard InChI is InChI=1S/C18H13F4N3O3/c19-15-9-12(17(26)27)2-1-11(15)3-8-16-23-10-25(24-16)13-4-6-14(7-5-13)28-18(20,21)22/h1-2,4-7,9-10H,3,8H2,(H,26,27). The first-order valence-electron chi connectivity index (χ1n) is 8.00. The van der Waals surface area contributed by atoms with Crippen molar-refractivity contribution in [1.29, 1.82) is 0 Å².